The van der Waals surface area contributed by atoms with Gasteiger partial charge in [0.1, 0.15) is 18.5 Å². The quantitative estimate of drug-likeness (QED) is 0.445. The normalized spacial score (nSPS) is 30.1. The van der Waals surface area contributed by atoms with Crippen LogP contribution in [0.5, 0.6) is 0 Å². The summed E-state index contributed by atoms with van der Waals surface area (Å²) in [4.78, 5) is 8.81. The molecule has 0 aromatic rings. The van der Waals surface area contributed by atoms with Crippen molar-refractivity contribution in [2.45, 2.75) is 19.1 Å². The van der Waals surface area contributed by atoms with Crippen LogP contribution in [0.2, 0.25) is 0 Å². The van der Waals surface area contributed by atoms with Crippen LogP contribution in [0.3, 0.4) is 0 Å². The summed E-state index contributed by atoms with van der Waals surface area (Å²) in [6.07, 6.45) is 1.53. The molecule has 2 aliphatic heterocycles. The summed E-state index contributed by atoms with van der Waals surface area (Å²) in [6, 6.07) is 0. The molecule has 2 atom stereocenters. The Bertz CT molecular complexity index is 117. The van der Waals surface area contributed by atoms with Gasteiger partial charge in [-0.15, -0.1) is 0 Å². The Morgan fingerprint density at radius 1 is 1.33 bits per heavy atom. The van der Waals surface area contributed by atoms with Crippen molar-refractivity contribution in [2.24, 2.45) is 0 Å². The molecule has 0 N–H and O–H groups in total. The van der Waals surface area contributed by atoms with Gasteiger partial charge in [0.25, 0.3) is 0 Å². The second-order valence-corrected chi connectivity index (χ2v) is 2.68. The van der Waals surface area contributed by atoms with E-state index in [1.165, 1.54) is 6.92 Å². The number of hydrogen-bond donors (Lipinski definition) is 0. The van der Waals surface area contributed by atoms with Crippen LogP contribution in [0.4, 0.5) is 0 Å². The van der Waals surface area contributed by atoms with Crippen LogP contribution in [0.15, 0.2) is 0 Å². The van der Waals surface area contributed by atoms with E-state index in [4.69, 9.17) is 19.0 Å². The summed E-state index contributed by atoms with van der Waals surface area (Å²) in [5.74, 6) is 0. The van der Waals surface area contributed by atoms with E-state index in [1.807, 2.05) is 0 Å². The standard InChI is InChI=1S/C6H10O3.C2H4O/c1(5-3-8-5)7-2-6-4-9-6;1-2-3/h5-6H,1-4H2;2H,1H3. The van der Waals surface area contributed by atoms with Crippen LogP contribution in [0.25, 0.3) is 0 Å². The van der Waals surface area contributed by atoms with Gasteiger partial charge in [-0.1, -0.05) is 0 Å². The van der Waals surface area contributed by atoms with Crippen molar-refractivity contribution in [1.29, 1.82) is 0 Å². The summed E-state index contributed by atoms with van der Waals surface area (Å²) in [6.45, 7) is 4.71. The maximum Gasteiger partial charge on any atom is 0.116 e. The number of carbonyl (C=O) groups excluding carboxylic acids is 1. The molecular formula is C8H14O4. The van der Waals surface area contributed by atoms with E-state index >= 15 is 0 Å². The highest BCUT2D eigenvalue weighted by Crippen LogP contribution is 2.12. The summed E-state index contributed by atoms with van der Waals surface area (Å²) in [5.41, 5.74) is 0. The van der Waals surface area contributed by atoms with Crippen molar-refractivity contribution in [3.63, 3.8) is 0 Å². The molecule has 2 fully saturated rings. The van der Waals surface area contributed by atoms with Crippen molar-refractivity contribution in [2.75, 3.05) is 26.4 Å². The first kappa shape index (κ1) is 9.64. The summed E-state index contributed by atoms with van der Waals surface area (Å²) < 4.78 is 15.1. The first-order valence-corrected chi connectivity index (χ1v) is 4.07. The number of epoxide rings is 2. The topological polar surface area (TPSA) is 51.4 Å². The number of aldehydes is 1. The van der Waals surface area contributed by atoms with Crippen molar-refractivity contribution in [1.82, 2.24) is 0 Å². The van der Waals surface area contributed by atoms with E-state index in [9.17, 15) is 0 Å². The smallest absolute Gasteiger partial charge is 0.116 e. The lowest BCUT2D eigenvalue weighted by Gasteiger charge is -1.95. The van der Waals surface area contributed by atoms with Gasteiger partial charge >= 0.3 is 0 Å². The molecule has 12 heavy (non-hydrogen) atoms. The molecule has 2 saturated heterocycles. The molecule has 0 radical (unpaired) electrons. The Balaban J connectivity index is 0.000000213. The van der Waals surface area contributed by atoms with Gasteiger partial charge in [0.15, 0.2) is 0 Å². The van der Waals surface area contributed by atoms with Crippen LogP contribution >= 0.6 is 0 Å². The molecule has 0 aromatic heterocycles. The molecular weight excluding hydrogens is 160 g/mol. The maximum absolute atomic E-state index is 8.81. The molecule has 2 aliphatic rings. The fraction of sp³-hybridized carbons (Fsp3) is 0.875. The summed E-state index contributed by atoms with van der Waals surface area (Å²) in [7, 11) is 0. The average molecular weight is 174 g/mol. The monoisotopic (exact) mass is 174 g/mol. The van der Waals surface area contributed by atoms with Crippen molar-refractivity contribution in [3.05, 3.63) is 0 Å². The molecule has 4 heteroatoms. The molecule has 0 aromatic carbocycles. The van der Waals surface area contributed by atoms with Crippen LogP contribution < -0.4 is 0 Å². The molecule has 0 spiro atoms. The average Bonchev–Trinajstić information content (AvgIpc) is 2.82. The fourth-order valence-electron chi connectivity index (χ4n) is 0.659. The SMILES string of the molecule is C(OCC1CO1)C1CO1.CC=O. The Kier molecular flexibility index (Phi) is 4.21. The second kappa shape index (κ2) is 5.24. The second-order valence-electron chi connectivity index (χ2n) is 2.68. The van der Waals surface area contributed by atoms with Crippen molar-refractivity contribution in [3.8, 4) is 0 Å². The van der Waals surface area contributed by atoms with E-state index in [0.29, 0.717) is 12.2 Å². The zero-order valence-corrected chi connectivity index (χ0v) is 7.19. The molecule has 0 aliphatic carbocycles. The van der Waals surface area contributed by atoms with E-state index in [-0.39, 0.29) is 0 Å². The van der Waals surface area contributed by atoms with E-state index in [2.05, 4.69) is 0 Å². The van der Waals surface area contributed by atoms with E-state index < -0.39 is 0 Å². The van der Waals surface area contributed by atoms with Crippen LogP contribution in [-0.2, 0) is 19.0 Å². The zero-order chi connectivity index (χ0) is 8.81. The molecule has 70 valence electrons. The Morgan fingerprint density at radius 2 is 1.67 bits per heavy atom. The lowest BCUT2D eigenvalue weighted by Crippen LogP contribution is -2.06. The van der Waals surface area contributed by atoms with Gasteiger partial charge in [-0.25, -0.2) is 0 Å². The first-order chi connectivity index (χ1) is 5.86. The molecule has 0 bridgehead atoms. The minimum atomic E-state index is 0.392. The largest absolute Gasteiger partial charge is 0.376 e. The van der Waals surface area contributed by atoms with E-state index in [1.54, 1.807) is 0 Å². The van der Waals surface area contributed by atoms with E-state index in [0.717, 1.165) is 32.7 Å². The molecule has 2 heterocycles. The van der Waals surface area contributed by atoms with Crippen LogP contribution in [-0.4, -0.2) is 44.9 Å². The Labute approximate surface area is 71.8 Å². The van der Waals surface area contributed by atoms with Gasteiger partial charge in [-0.3, -0.25) is 0 Å². The summed E-state index contributed by atoms with van der Waals surface area (Å²) >= 11 is 0. The first-order valence-electron chi connectivity index (χ1n) is 4.07. The molecule has 0 amide bonds. The number of carbonyl (C=O) groups is 1. The van der Waals surface area contributed by atoms with Crippen LogP contribution in [0.1, 0.15) is 6.92 Å². The zero-order valence-electron chi connectivity index (χ0n) is 7.19. The molecule has 0 saturated carbocycles. The molecule has 2 rings (SSSR count). The maximum atomic E-state index is 8.81. The van der Waals surface area contributed by atoms with Gasteiger partial charge in [0, 0.05) is 0 Å². The summed E-state index contributed by atoms with van der Waals surface area (Å²) in [5, 5.41) is 0. The fourth-order valence-corrected chi connectivity index (χ4v) is 0.659. The van der Waals surface area contributed by atoms with Crippen molar-refractivity contribution >= 4 is 6.29 Å². The predicted octanol–water partition coefficient (Wildman–Crippen LogP) is 0.00580. The minimum Gasteiger partial charge on any atom is -0.376 e. The lowest BCUT2D eigenvalue weighted by atomic mass is 10.5. The predicted molar refractivity (Wildman–Crippen MR) is 42.0 cm³/mol. The highest BCUT2D eigenvalue weighted by molar-refractivity contribution is 5.44. The number of rotatable bonds is 4. The van der Waals surface area contributed by atoms with Gasteiger partial charge in [0.2, 0.25) is 0 Å². The van der Waals surface area contributed by atoms with Gasteiger partial charge in [-0.2, -0.15) is 0 Å². The number of ether oxygens (including phenoxy) is 3. The molecule has 2 unspecified atom stereocenters. The van der Waals surface area contributed by atoms with Crippen molar-refractivity contribution < 1.29 is 19.0 Å². The highest BCUT2D eigenvalue weighted by atomic mass is 16.6. The molecule has 4 nitrogen and oxygen atoms in total. The van der Waals surface area contributed by atoms with Gasteiger partial charge < -0.3 is 19.0 Å². The lowest BCUT2D eigenvalue weighted by molar-refractivity contribution is -0.106. The van der Waals surface area contributed by atoms with Gasteiger partial charge in [-0.05, 0) is 6.92 Å². The Morgan fingerprint density at radius 3 is 1.92 bits per heavy atom. The third kappa shape index (κ3) is 5.23. The van der Waals surface area contributed by atoms with Gasteiger partial charge in [0.05, 0.1) is 26.4 Å². The highest BCUT2D eigenvalue weighted by Gasteiger charge is 2.26. The Hall–Kier alpha value is -0.450. The number of hydrogen-bond acceptors (Lipinski definition) is 4. The van der Waals surface area contributed by atoms with Crippen LogP contribution in [0, 0.1) is 0 Å². The third-order valence-corrected chi connectivity index (χ3v) is 1.41. The minimum absolute atomic E-state index is 0.392. The third-order valence-electron chi connectivity index (χ3n) is 1.41.